The van der Waals surface area contributed by atoms with Gasteiger partial charge in [-0.3, -0.25) is 14.7 Å². The quantitative estimate of drug-likeness (QED) is 0.117. The summed E-state index contributed by atoms with van der Waals surface area (Å²) in [6.45, 7) is 2.53. The van der Waals surface area contributed by atoms with E-state index in [1.54, 1.807) is 20.1 Å². The van der Waals surface area contributed by atoms with E-state index in [-0.39, 0.29) is 11.6 Å². The Hall–Kier alpha value is -5.01. The molecule has 4 aromatic rings. The summed E-state index contributed by atoms with van der Waals surface area (Å²) in [6, 6.07) is 20.7. The summed E-state index contributed by atoms with van der Waals surface area (Å²) in [7, 11) is 1.57. The van der Waals surface area contributed by atoms with Crippen LogP contribution in [0.4, 0.5) is 5.69 Å². The van der Waals surface area contributed by atoms with Gasteiger partial charge >= 0.3 is 0 Å². The van der Waals surface area contributed by atoms with Gasteiger partial charge in [-0.25, -0.2) is 0 Å². The van der Waals surface area contributed by atoms with Gasteiger partial charge in [0, 0.05) is 37.0 Å². The van der Waals surface area contributed by atoms with E-state index in [4.69, 9.17) is 25.7 Å². The van der Waals surface area contributed by atoms with Gasteiger partial charge in [0.05, 0.1) is 12.3 Å². The minimum Gasteiger partial charge on any atom is -0.422 e. The molecule has 1 saturated carbocycles. The van der Waals surface area contributed by atoms with Crippen molar-refractivity contribution in [2.75, 3.05) is 25.6 Å². The van der Waals surface area contributed by atoms with E-state index in [1.165, 1.54) is 12.6 Å². The van der Waals surface area contributed by atoms with Crippen molar-refractivity contribution >= 4 is 17.5 Å². The molecule has 1 unspecified atom stereocenters. The lowest BCUT2D eigenvalue weighted by Gasteiger charge is -2.20. The van der Waals surface area contributed by atoms with Crippen molar-refractivity contribution < 1.29 is 23.8 Å². The first kappa shape index (κ1) is 32.5. The van der Waals surface area contributed by atoms with Crippen molar-refractivity contribution in [3.8, 4) is 11.3 Å². The zero-order valence-electron chi connectivity index (χ0n) is 24.2. The van der Waals surface area contributed by atoms with Crippen LogP contribution >= 0.6 is 0 Å². The van der Waals surface area contributed by atoms with Crippen molar-refractivity contribution in [2.45, 2.75) is 38.2 Å². The number of para-hydroxylation sites is 1. The fourth-order valence-corrected chi connectivity index (χ4v) is 3.57. The number of anilines is 1. The number of carbonyl (C=O) groups is 2. The van der Waals surface area contributed by atoms with Crippen LogP contribution in [0, 0.1) is 0 Å². The highest BCUT2D eigenvalue weighted by atomic mass is 16.5. The monoisotopic (exact) mass is 590 g/mol. The number of carbonyl (C=O) groups excluding carboxylic acids is 2. The van der Waals surface area contributed by atoms with E-state index in [9.17, 15) is 9.59 Å². The van der Waals surface area contributed by atoms with Crippen LogP contribution < -0.4 is 22.1 Å². The molecule has 228 valence electrons. The molecule has 2 amide bonds. The standard InChI is InChI=1S/C12H17N3O2.C10H9N3O.C8H12N2O2/c1-17-8-7-14-12(16)11(13)9-15-10-5-3-2-4-6-10;11-10(14)9-6-8(12-13-9)7-4-2-1-3-5-7;1-5(11)7-9-10-8(12-7)6-3-2-4-6/h2-6,9,15H,7-8,13H2,1H3,(H,14,16);1-6H,(H2,11,14)(H,12,13);5-6,11H,2-4H2,1H3/b11-9-;;. The van der Waals surface area contributed by atoms with Gasteiger partial charge in [0.1, 0.15) is 17.5 Å². The zero-order valence-corrected chi connectivity index (χ0v) is 24.2. The van der Waals surface area contributed by atoms with Crippen LogP contribution in [0.2, 0.25) is 0 Å². The smallest absolute Gasteiger partial charge is 0.268 e. The fraction of sp³-hybridized carbons (Fsp3) is 0.300. The van der Waals surface area contributed by atoms with Crippen molar-refractivity contribution in [3.63, 3.8) is 0 Å². The largest absolute Gasteiger partial charge is 0.422 e. The number of H-pyrrole nitrogens is 1. The van der Waals surface area contributed by atoms with Crippen molar-refractivity contribution in [3.05, 3.63) is 96.1 Å². The molecule has 2 aromatic carbocycles. The van der Waals surface area contributed by atoms with Gasteiger partial charge in [0.2, 0.25) is 11.8 Å². The molecular formula is C30H38N8O5. The van der Waals surface area contributed by atoms with Gasteiger partial charge in [-0.2, -0.15) is 5.10 Å². The second-order valence-corrected chi connectivity index (χ2v) is 9.54. The number of ether oxygens (including phenoxy) is 1. The summed E-state index contributed by atoms with van der Waals surface area (Å²) >= 11 is 0. The lowest BCUT2D eigenvalue weighted by molar-refractivity contribution is -0.117. The molecule has 13 nitrogen and oxygen atoms in total. The Balaban J connectivity index is 0.000000179. The summed E-state index contributed by atoms with van der Waals surface area (Å²) in [4.78, 5) is 22.2. The molecule has 8 N–H and O–H groups in total. The van der Waals surface area contributed by atoms with Gasteiger partial charge in [0.25, 0.3) is 11.8 Å². The molecule has 2 aromatic heterocycles. The summed E-state index contributed by atoms with van der Waals surface area (Å²) in [6.07, 6.45) is 4.35. The van der Waals surface area contributed by atoms with Gasteiger partial charge in [0.15, 0.2) is 0 Å². The van der Waals surface area contributed by atoms with Crippen LogP contribution in [0.5, 0.6) is 0 Å². The van der Waals surface area contributed by atoms with Gasteiger partial charge in [-0.15, -0.1) is 10.2 Å². The SMILES string of the molecule is CC(O)c1nnc(C2CCC2)o1.COCCNC(=O)/C(N)=C/Nc1ccccc1.NC(=O)c1cc(-c2ccccc2)n[nH]1. The van der Waals surface area contributed by atoms with Crippen LogP contribution in [-0.4, -0.2) is 57.6 Å². The first-order valence-electron chi connectivity index (χ1n) is 13.7. The Bertz CT molecular complexity index is 1430. The Morgan fingerprint density at radius 1 is 1.12 bits per heavy atom. The number of aromatic amines is 1. The number of rotatable bonds is 10. The van der Waals surface area contributed by atoms with E-state index in [0.717, 1.165) is 29.8 Å². The highest BCUT2D eigenvalue weighted by Gasteiger charge is 2.25. The zero-order chi connectivity index (χ0) is 31.0. The number of methoxy groups -OCH3 is 1. The number of amides is 2. The predicted molar refractivity (Wildman–Crippen MR) is 161 cm³/mol. The Labute approximate surface area is 249 Å². The molecule has 0 saturated heterocycles. The average Bonchev–Trinajstić information content (AvgIpc) is 3.68. The minimum atomic E-state index is -0.647. The highest BCUT2D eigenvalue weighted by molar-refractivity contribution is 5.92. The molecule has 1 aliphatic carbocycles. The van der Waals surface area contributed by atoms with E-state index in [1.807, 2.05) is 60.7 Å². The fourth-order valence-electron chi connectivity index (χ4n) is 3.57. The third kappa shape index (κ3) is 10.7. The first-order valence-corrected chi connectivity index (χ1v) is 13.7. The van der Waals surface area contributed by atoms with Gasteiger partial charge < -0.3 is 36.4 Å². The number of hydrogen-bond donors (Lipinski definition) is 6. The number of hydrogen-bond acceptors (Lipinski definition) is 10. The van der Waals surface area contributed by atoms with Gasteiger partial charge in [-0.1, -0.05) is 55.0 Å². The Morgan fingerprint density at radius 2 is 1.79 bits per heavy atom. The summed E-state index contributed by atoms with van der Waals surface area (Å²) in [5.41, 5.74) is 13.7. The molecule has 13 heteroatoms. The molecule has 1 atom stereocenters. The number of aliphatic hydroxyl groups excluding tert-OH is 1. The highest BCUT2D eigenvalue weighted by Crippen LogP contribution is 2.35. The van der Waals surface area contributed by atoms with E-state index >= 15 is 0 Å². The van der Waals surface area contributed by atoms with Crippen molar-refractivity contribution in [1.82, 2.24) is 25.7 Å². The molecule has 1 fully saturated rings. The molecule has 1 aliphatic rings. The molecule has 0 aliphatic heterocycles. The topological polar surface area (TPSA) is 207 Å². The second-order valence-electron chi connectivity index (χ2n) is 9.54. The van der Waals surface area contributed by atoms with E-state index < -0.39 is 12.0 Å². The maximum absolute atomic E-state index is 11.4. The van der Waals surface area contributed by atoms with E-state index in [0.29, 0.717) is 36.5 Å². The molecule has 0 bridgehead atoms. The molecule has 0 spiro atoms. The van der Waals surface area contributed by atoms with Crippen molar-refractivity contribution in [1.29, 1.82) is 0 Å². The normalized spacial score (nSPS) is 13.3. The van der Waals surface area contributed by atoms with Crippen LogP contribution in [0.15, 0.2) is 83.0 Å². The lowest BCUT2D eigenvalue weighted by Crippen LogP contribution is -2.31. The van der Waals surface area contributed by atoms with Crippen molar-refractivity contribution in [2.24, 2.45) is 11.5 Å². The van der Waals surface area contributed by atoms with Crippen LogP contribution in [0.1, 0.15) is 60.5 Å². The molecule has 0 radical (unpaired) electrons. The molecule has 5 rings (SSSR count). The molecule has 2 heterocycles. The number of nitrogens with one attached hydrogen (secondary N) is 3. The number of aromatic nitrogens is 4. The summed E-state index contributed by atoms with van der Waals surface area (Å²) in [5.74, 6) is 0.657. The molecular weight excluding hydrogens is 552 g/mol. The number of benzene rings is 2. The first-order chi connectivity index (χ1) is 20.8. The summed E-state index contributed by atoms with van der Waals surface area (Å²) in [5, 5.41) is 28.9. The third-order valence-corrected chi connectivity index (χ3v) is 6.20. The third-order valence-electron chi connectivity index (χ3n) is 6.20. The average molecular weight is 591 g/mol. The maximum atomic E-state index is 11.4. The van der Waals surface area contributed by atoms with Crippen LogP contribution in [0.25, 0.3) is 11.3 Å². The van der Waals surface area contributed by atoms with Crippen LogP contribution in [-0.2, 0) is 9.53 Å². The number of nitrogens with two attached hydrogens (primary N) is 2. The minimum absolute atomic E-state index is 0.130. The maximum Gasteiger partial charge on any atom is 0.268 e. The number of nitrogens with zero attached hydrogens (tertiary/aromatic N) is 3. The number of aliphatic hydroxyl groups is 1. The predicted octanol–water partition coefficient (Wildman–Crippen LogP) is 3.23. The Kier molecular flexibility index (Phi) is 12.9. The molecule has 43 heavy (non-hydrogen) atoms. The Morgan fingerprint density at radius 3 is 2.33 bits per heavy atom. The lowest BCUT2D eigenvalue weighted by atomic mass is 9.85. The number of primary amides is 1. The van der Waals surface area contributed by atoms with Gasteiger partial charge in [-0.05, 0) is 38.0 Å². The second kappa shape index (κ2) is 17.1. The summed E-state index contributed by atoms with van der Waals surface area (Å²) < 4.78 is 10.1. The van der Waals surface area contributed by atoms with E-state index in [2.05, 4.69) is 31.0 Å². The van der Waals surface area contributed by atoms with Crippen LogP contribution in [0.3, 0.4) is 0 Å².